The van der Waals surface area contributed by atoms with Crippen molar-refractivity contribution in [3.8, 4) is 11.1 Å². The van der Waals surface area contributed by atoms with E-state index in [0.29, 0.717) is 5.69 Å². The minimum Gasteiger partial charge on any atom is -0.474 e. The lowest BCUT2D eigenvalue weighted by molar-refractivity contribution is -0.148. The molecule has 3 aromatic rings. The van der Waals surface area contributed by atoms with E-state index in [1.54, 1.807) is 12.1 Å². The Morgan fingerprint density at radius 1 is 0.800 bits per heavy atom. The molecule has 0 fully saturated rings. The number of carboxylic acids is 1. The smallest absolute Gasteiger partial charge is 0.394 e. The summed E-state index contributed by atoms with van der Waals surface area (Å²) in [5.74, 6) is -2.41. The summed E-state index contributed by atoms with van der Waals surface area (Å²) in [4.78, 5) is 25.1. The molecule has 1 N–H and O–H groups in total. The number of carbonyl (C=O) groups excluding carboxylic acids is 1. The van der Waals surface area contributed by atoms with Crippen molar-refractivity contribution >= 4 is 17.6 Å². The zero-order valence-electron chi connectivity index (χ0n) is 17.8. The third-order valence-electron chi connectivity index (χ3n) is 5.15. The van der Waals surface area contributed by atoms with Gasteiger partial charge in [-0.2, -0.15) is 0 Å². The number of hydrogen-bond acceptors (Lipinski definition) is 2. The Labute approximate surface area is 177 Å². The van der Waals surface area contributed by atoms with Gasteiger partial charge in [-0.05, 0) is 46.7 Å². The number of carbonyl (C=O) groups is 2. The highest BCUT2D eigenvalue weighted by molar-refractivity contribution is 6.37. The van der Waals surface area contributed by atoms with Crippen LogP contribution in [0.15, 0.2) is 72.8 Å². The van der Waals surface area contributed by atoms with E-state index in [1.807, 2.05) is 67.6 Å². The minimum atomic E-state index is -1.47. The number of aliphatic carboxylic acids is 1. The Balaban J connectivity index is 1.87. The van der Waals surface area contributed by atoms with Gasteiger partial charge in [0.05, 0.1) is 6.54 Å². The molecule has 154 valence electrons. The van der Waals surface area contributed by atoms with Crippen LogP contribution in [0.25, 0.3) is 11.1 Å². The third-order valence-corrected chi connectivity index (χ3v) is 5.15. The summed E-state index contributed by atoms with van der Waals surface area (Å²) in [6.07, 6.45) is 0. The van der Waals surface area contributed by atoms with E-state index in [4.69, 9.17) is 0 Å². The van der Waals surface area contributed by atoms with E-state index >= 15 is 0 Å². The summed E-state index contributed by atoms with van der Waals surface area (Å²) < 4.78 is 0. The molecule has 0 heterocycles. The van der Waals surface area contributed by atoms with Gasteiger partial charge in [-0.25, -0.2) is 4.79 Å². The normalized spacial score (nSPS) is 11.2. The van der Waals surface area contributed by atoms with Crippen LogP contribution in [0.5, 0.6) is 0 Å². The first-order valence-corrected chi connectivity index (χ1v) is 9.96. The molecule has 3 rings (SSSR count). The summed E-state index contributed by atoms with van der Waals surface area (Å²) >= 11 is 0. The van der Waals surface area contributed by atoms with Crippen LogP contribution >= 0.6 is 0 Å². The Hall–Kier alpha value is -3.40. The summed E-state index contributed by atoms with van der Waals surface area (Å²) in [5, 5.41) is 9.31. The molecule has 0 radical (unpaired) electrons. The number of carboxylic acid groups (broad SMARTS) is 1. The highest BCUT2D eigenvalue weighted by Crippen LogP contribution is 2.26. The maximum absolute atomic E-state index is 12.4. The van der Waals surface area contributed by atoms with Gasteiger partial charge in [0, 0.05) is 5.69 Å². The lowest BCUT2D eigenvalue weighted by atomic mass is 9.87. The molecule has 3 aromatic carbocycles. The SMILES string of the molecule is Cc1ccc(-c2ccc(N(Cc3ccc(C(C)(C)C)cc3)C(=O)C(=O)O)cc2)cc1. The molecule has 0 unspecified atom stereocenters. The van der Waals surface area contributed by atoms with Gasteiger partial charge in [0.2, 0.25) is 0 Å². The lowest BCUT2D eigenvalue weighted by Gasteiger charge is -2.23. The molecule has 30 heavy (non-hydrogen) atoms. The molecule has 0 aliphatic heterocycles. The van der Waals surface area contributed by atoms with Gasteiger partial charge in [-0.15, -0.1) is 0 Å². The van der Waals surface area contributed by atoms with Crippen molar-refractivity contribution in [3.63, 3.8) is 0 Å². The highest BCUT2D eigenvalue weighted by atomic mass is 16.4. The summed E-state index contributed by atoms with van der Waals surface area (Å²) in [7, 11) is 0. The van der Waals surface area contributed by atoms with Crippen LogP contribution in [-0.4, -0.2) is 17.0 Å². The standard InChI is InChI=1S/C26H27NO3/c1-18-5-9-20(10-6-18)21-11-15-23(16-12-21)27(24(28)25(29)30)17-19-7-13-22(14-8-19)26(2,3)4/h5-16H,17H2,1-4H3,(H,29,30). The number of hydrogen-bond donors (Lipinski definition) is 1. The van der Waals surface area contributed by atoms with Gasteiger partial charge in [0.15, 0.2) is 0 Å². The molecule has 1 amide bonds. The zero-order valence-corrected chi connectivity index (χ0v) is 17.8. The second-order valence-electron chi connectivity index (χ2n) is 8.56. The molecule has 0 saturated carbocycles. The van der Waals surface area contributed by atoms with E-state index in [-0.39, 0.29) is 12.0 Å². The average Bonchev–Trinajstić information content (AvgIpc) is 2.72. The van der Waals surface area contributed by atoms with Crippen molar-refractivity contribution in [1.29, 1.82) is 0 Å². The Bertz CT molecular complexity index is 1030. The molecule has 0 saturated heterocycles. The van der Waals surface area contributed by atoms with Crippen molar-refractivity contribution in [2.75, 3.05) is 4.90 Å². The fourth-order valence-electron chi connectivity index (χ4n) is 3.27. The third kappa shape index (κ3) is 4.95. The van der Waals surface area contributed by atoms with Crippen LogP contribution in [0.3, 0.4) is 0 Å². The molecule has 0 aromatic heterocycles. The Kier molecular flexibility index (Phi) is 6.06. The molecule has 0 aliphatic rings. The van der Waals surface area contributed by atoms with Crippen LogP contribution in [-0.2, 0) is 21.5 Å². The van der Waals surface area contributed by atoms with Crippen molar-refractivity contribution in [1.82, 2.24) is 0 Å². The molecule has 0 atom stereocenters. The van der Waals surface area contributed by atoms with Gasteiger partial charge in [-0.1, -0.05) is 87.0 Å². The van der Waals surface area contributed by atoms with Crippen LogP contribution in [0.4, 0.5) is 5.69 Å². The van der Waals surface area contributed by atoms with Crippen molar-refractivity contribution in [2.45, 2.75) is 39.7 Å². The zero-order chi connectivity index (χ0) is 21.9. The molecule has 4 heteroatoms. The number of rotatable bonds is 4. The fraction of sp³-hybridized carbons (Fsp3) is 0.231. The van der Waals surface area contributed by atoms with Crippen molar-refractivity contribution in [2.24, 2.45) is 0 Å². The molecule has 0 aliphatic carbocycles. The summed E-state index contributed by atoms with van der Waals surface area (Å²) in [6.45, 7) is 8.64. The molecular weight excluding hydrogens is 374 g/mol. The van der Waals surface area contributed by atoms with E-state index in [0.717, 1.165) is 16.7 Å². The van der Waals surface area contributed by atoms with Gasteiger partial charge >= 0.3 is 11.9 Å². The predicted octanol–water partition coefficient (Wildman–Crippen LogP) is 5.58. The summed E-state index contributed by atoms with van der Waals surface area (Å²) in [6, 6.07) is 23.5. The molecule has 0 spiro atoms. The number of amides is 1. The number of nitrogens with zero attached hydrogens (tertiary/aromatic N) is 1. The van der Waals surface area contributed by atoms with Crippen molar-refractivity contribution in [3.05, 3.63) is 89.5 Å². The average molecular weight is 402 g/mol. The quantitative estimate of drug-likeness (QED) is 0.581. The van der Waals surface area contributed by atoms with Gasteiger partial charge in [0.1, 0.15) is 0 Å². The Morgan fingerprint density at radius 2 is 1.30 bits per heavy atom. The van der Waals surface area contributed by atoms with Crippen LogP contribution in [0.1, 0.15) is 37.5 Å². The number of anilines is 1. The first-order valence-electron chi connectivity index (χ1n) is 9.96. The van der Waals surface area contributed by atoms with Crippen LogP contribution in [0.2, 0.25) is 0 Å². The monoisotopic (exact) mass is 401 g/mol. The first-order chi connectivity index (χ1) is 14.1. The number of benzene rings is 3. The van der Waals surface area contributed by atoms with Gasteiger partial charge in [0.25, 0.3) is 0 Å². The fourth-order valence-corrected chi connectivity index (χ4v) is 3.27. The van der Waals surface area contributed by atoms with E-state index in [9.17, 15) is 14.7 Å². The van der Waals surface area contributed by atoms with Crippen LogP contribution in [0, 0.1) is 6.92 Å². The highest BCUT2D eigenvalue weighted by Gasteiger charge is 2.23. The van der Waals surface area contributed by atoms with Crippen LogP contribution < -0.4 is 4.90 Å². The van der Waals surface area contributed by atoms with E-state index in [2.05, 4.69) is 20.8 Å². The maximum Gasteiger partial charge on any atom is 0.394 e. The maximum atomic E-state index is 12.4. The lowest BCUT2D eigenvalue weighted by Crippen LogP contribution is -2.36. The largest absolute Gasteiger partial charge is 0.474 e. The van der Waals surface area contributed by atoms with Gasteiger partial charge in [-0.3, -0.25) is 9.69 Å². The first kappa shape index (κ1) is 21.3. The second kappa shape index (κ2) is 8.54. The molecule has 4 nitrogen and oxygen atoms in total. The van der Waals surface area contributed by atoms with E-state index in [1.165, 1.54) is 16.0 Å². The number of aryl methyl sites for hydroxylation is 1. The second-order valence-corrected chi connectivity index (χ2v) is 8.56. The Morgan fingerprint density at radius 3 is 1.77 bits per heavy atom. The summed E-state index contributed by atoms with van der Waals surface area (Å²) in [5.41, 5.74) is 5.91. The topological polar surface area (TPSA) is 57.6 Å². The van der Waals surface area contributed by atoms with E-state index < -0.39 is 11.9 Å². The predicted molar refractivity (Wildman–Crippen MR) is 121 cm³/mol. The molecule has 0 bridgehead atoms. The van der Waals surface area contributed by atoms with Crippen molar-refractivity contribution < 1.29 is 14.7 Å². The van der Waals surface area contributed by atoms with Gasteiger partial charge < -0.3 is 5.11 Å². The minimum absolute atomic E-state index is 0.0287. The molecular formula is C26H27NO3.